The Morgan fingerprint density at radius 3 is 2.61 bits per heavy atom. The SMILES string of the molecule is Cn1cc(C(=O)OCBr)c(=O)n1-c1ccccc1. The average Bonchev–Trinajstić information content (AvgIpc) is 2.66. The van der Waals surface area contributed by atoms with Gasteiger partial charge in [-0.2, -0.15) is 0 Å². The van der Waals surface area contributed by atoms with Crippen molar-refractivity contribution in [3.63, 3.8) is 0 Å². The highest BCUT2D eigenvalue weighted by Gasteiger charge is 2.18. The molecule has 1 aromatic carbocycles. The maximum absolute atomic E-state index is 12.1. The Balaban J connectivity index is 2.52. The third kappa shape index (κ3) is 2.24. The van der Waals surface area contributed by atoms with Crippen molar-refractivity contribution in [3.8, 4) is 5.69 Å². The van der Waals surface area contributed by atoms with Crippen LogP contribution in [0.15, 0.2) is 41.3 Å². The lowest BCUT2D eigenvalue weighted by Gasteiger charge is -2.05. The molecule has 0 N–H and O–H groups in total. The second kappa shape index (κ2) is 5.22. The predicted octanol–water partition coefficient (Wildman–Crippen LogP) is 1.69. The zero-order valence-corrected chi connectivity index (χ0v) is 11.3. The van der Waals surface area contributed by atoms with E-state index in [1.54, 1.807) is 23.9 Å². The van der Waals surface area contributed by atoms with Gasteiger partial charge in [-0.1, -0.05) is 18.2 Å². The molecule has 6 heteroatoms. The molecule has 1 aromatic heterocycles. The molecule has 18 heavy (non-hydrogen) atoms. The van der Waals surface area contributed by atoms with Crippen LogP contribution in [0.5, 0.6) is 0 Å². The Morgan fingerprint density at radius 1 is 1.33 bits per heavy atom. The van der Waals surface area contributed by atoms with E-state index in [1.807, 2.05) is 18.2 Å². The summed E-state index contributed by atoms with van der Waals surface area (Å²) >= 11 is 2.98. The van der Waals surface area contributed by atoms with Crippen LogP contribution in [-0.4, -0.2) is 20.8 Å². The van der Waals surface area contributed by atoms with E-state index in [-0.39, 0.29) is 11.1 Å². The van der Waals surface area contributed by atoms with Gasteiger partial charge in [0.15, 0.2) is 0 Å². The zero-order valence-electron chi connectivity index (χ0n) is 9.67. The summed E-state index contributed by atoms with van der Waals surface area (Å²) in [5, 5.41) is 0. The number of halogens is 1. The molecular formula is C12H11BrN2O3. The molecule has 0 atom stereocenters. The Kier molecular flexibility index (Phi) is 3.66. The number of ether oxygens (including phenoxy) is 1. The minimum Gasteiger partial charge on any atom is -0.450 e. The second-order valence-corrected chi connectivity index (χ2v) is 4.07. The number of rotatable bonds is 3. The molecule has 0 bridgehead atoms. The number of alkyl halides is 1. The van der Waals surface area contributed by atoms with Gasteiger partial charge in [-0.15, -0.1) is 0 Å². The number of aromatic nitrogens is 2. The van der Waals surface area contributed by atoms with Gasteiger partial charge in [0.2, 0.25) is 0 Å². The smallest absolute Gasteiger partial charge is 0.346 e. The van der Waals surface area contributed by atoms with Gasteiger partial charge in [-0.05, 0) is 28.1 Å². The molecule has 0 saturated carbocycles. The molecule has 5 nitrogen and oxygen atoms in total. The van der Waals surface area contributed by atoms with E-state index >= 15 is 0 Å². The molecular weight excluding hydrogens is 300 g/mol. The molecule has 0 fully saturated rings. The molecule has 0 spiro atoms. The Bertz CT molecular complexity index is 616. The molecule has 0 aliphatic heterocycles. The fraction of sp³-hybridized carbons (Fsp3) is 0.167. The van der Waals surface area contributed by atoms with Gasteiger partial charge in [-0.3, -0.25) is 9.48 Å². The van der Waals surface area contributed by atoms with Gasteiger partial charge in [0.05, 0.1) is 5.69 Å². The molecule has 2 rings (SSSR count). The summed E-state index contributed by atoms with van der Waals surface area (Å²) in [6.45, 7) is 0. The third-order valence-electron chi connectivity index (χ3n) is 2.46. The largest absolute Gasteiger partial charge is 0.450 e. The first kappa shape index (κ1) is 12.6. The number of hydrogen-bond acceptors (Lipinski definition) is 3. The number of carbonyl (C=O) groups excluding carboxylic acids is 1. The molecule has 2 aromatic rings. The average molecular weight is 311 g/mol. The van der Waals surface area contributed by atoms with Crippen molar-refractivity contribution in [3.05, 3.63) is 52.4 Å². The summed E-state index contributed by atoms with van der Waals surface area (Å²) in [6, 6.07) is 9.09. The van der Waals surface area contributed by atoms with E-state index in [2.05, 4.69) is 15.9 Å². The number of esters is 1. The van der Waals surface area contributed by atoms with Crippen molar-refractivity contribution >= 4 is 21.9 Å². The number of hydrogen-bond donors (Lipinski definition) is 0. The van der Waals surface area contributed by atoms with Gasteiger partial charge < -0.3 is 4.74 Å². The van der Waals surface area contributed by atoms with Crippen LogP contribution in [0.4, 0.5) is 0 Å². The lowest BCUT2D eigenvalue weighted by atomic mass is 10.3. The molecule has 0 saturated heterocycles. The zero-order chi connectivity index (χ0) is 13.1. The predicted molar refractivity (Wildman–Crippen MR) is 70.2 cm³/mol. The fourth-order valence-corrected chi connectivity index (χ4v) is 1.90. The van der Waals surface area contributed by atoms with Crippen LogP contribution in [0, 0.1) is 0 Å². The van der Waals surface area contributed by atoms with Crippen LogP contribution in [0.1, 0.15) is 10.4 Å². The fourth-order valence-electron chi connectivity index (χ4n) is 1.69. The maximum Gasteiger partial charge on any atom is 0.346 e. The summed E-state index contributed by atoms with van der Waals surface area (Å²) in [5.41, 5.74) is 0.379. The standard InChI is InChI=1S/C12H11BrN2O3/c1-14-7-10(12(17)18-8-13)11(16)15(14)9-5-3-2-4-6-9/h2-7H,8H2,1H3. The highest BCUT2D eigenvalue weighted by atomic mass is 79.9. The Hall–Kier alpha value is -1.82. The van der Waals surface area contributed by atoms with Crippen LogP contribution in [0.3, 0.4) is 0 Å². The van der Waals surface area contributed by atoms with Crippen molar-refractivity contribution in [2.45, 2.75) is 0 Å². The first-order valence-corrected chi connectivity index (χ1v) is 6.34. The highest BCUT2D eigenvalue weighted by molar-refractivity contribution is 9.09. The number of para-hydroxylation sites is 1. The number of carbonyl (C=O) groups is 1. The van der Waals surface area contributed by atoms with Crippen molar-refractivity contribution < 1.29 is 9.53 Å². The summed E-state index contributed by atoms with van der Waals surface area (Å²) in [7, 11) is 1.69. The molecule has 0 aliphatic rings. The van der Waals surface area contributed by atoms with Gasteiger partial charge >= 0.3 is 5.97 Å². The number of benzene rings is 1. The topological polar surface area (TPSA) is 53.2 Å². The van der Waals surface area contributed by atoms with Crippen molar-refractivity contribution in [1.29, 1.82) is 0 Å². The highest BCUT2D eigenvalue weighted by Crippen LogP contribution is 2.06. The monoisotopic (exact) mass is 310 g/mol. The lowest BCUT2D eigenvalue weighted by molar-refractivity contribution is 0.0582. The van der Waals surface area contributed by atoms with Crippen LogP contribution < -0.4 is 5.56 Å². The second-order valence-electron chi connectivity index (χ2n) is 3.61. The van der Waals surface area contributed by atoms with E-state index in [0.29, 0.717) is 5.69 Å². The Labute approximate surface area is 112 Å². The number of nitrogens with zero attached hydrogens (tertiary/aromatic N) is 2. The molecule has 94 valence electrons. The van der Waals surface area contributed by atoms with Crippen molar-refractivity contribution in [2.24, 2.45) is 7.05 Å². The minimum atomic E-state index is -0.637. The van der Waals surface area contributed by atoms with E-state index < -0.39 is 11.5 Å². The first-order chi connectivity index (χ1) is 8.65. The van der Waals surface area contributed by atoms with Gasteiger partial charge in [-0.25, -0.2) is 9.48 Å². The van der Waals surface area contributed by atoms with Gasteiger partial charge in [0.25, 0.3) is 5.56 Å². The Morgan fingerprint density at radius 2 is 2.00 bits per heavy atom. The first-order valence-electron chi connectivity index (χ1n) is 5.22. The van der Waals surface area contributed by atoms with Crippen LogP contribution >= 0.6 is 15.9 Å². The normalized spacial score (nSPS) is 10.3. The molecule has 0 radical (unpaired) electrons. The van der Waals surface area contributed by atoms with Gasteiger partial charge in [0.1, 0.15) is 11.1 Å². The van der Waals surface area contributed by atoms with Crippen LogP contribution in [0.2, 0.25) is 0 Å². The molecule has 0 aliphatic carbocycles. The summed E-state index contributed by atoms with van der Waals surface area (Å²) < 4.78 is 7.73. The van der Waals surface area contributed by atoms with E-state index in [1.165, 1.54) is 10.9 Å². The van der Waals surface area contributed by atoms with E-state index in [0.717, 1.165) is 0 Å². The molecule has 1 heterocycles. The molecule has 0 amide bonds. The van der Waals surface area contributed by atoms with Crippen LogP contribution in [-0.2, 0) is 11.8 Å². The summed E-state index contributed by atoms with van der Waals surface area (Å²) in [6.07, 6.45) is 1.46. The minimum absolute atomic E-state index is 0.0146. The van der Waals surface area contributed by atoms with E-state index in [9.17, 15) is 9.59 Å². The van der Waals surface area contributed by atoms with E-state index in [4.69, 9.17) is 4.74 Å². The summed E-state index contributed by atoms with van der Waals surface area (Å²) in [4.78, 5) is 23.7. The summed E-state index contributed by atoms with van der Waals surface area (Å²) in [5.74, 6) is -0.637. The number of aryl methyl sites for hydroxylation is 1. The van der Waals surface area contributed by atoms with Gasteiger partial charge in [0, 0.05) is 13.2 Å². The third-order valence-corrected chi connectivity index (χ3v) is 2.69. The van der Waals surface area contributed by atoms with Crippen molar-refractivity contribution in [1.82, 2.24) is 9.36 Å². The van der Waals surface area contributed by atoms with Crippen molar-refractivity contribution in [2.75, 3.05) is 5.52 Å². The maximum atomic E-state index is 12.1. The van der Waals surface area contributed by atoms with Crippen LogP contribution in [0.25, 0.3) is 5.69 Å². The molecule has 0 unspecified atom stereocenters. The quantitative estimate of drug-likeness (QED) is 0.640. The lowest BCUT2D eigenvalue weighted by Crippen LogP contribution is -2.23.